The lowest BCUT2D eigenvalue weighted by Crippen LogP contribution is -2.24. The van der Waals surface area contributed by atoms with Gasteiger partial charge in [-0.25, -0.2) is 0 Å². The summed E-state index contributed by atoms with van der Waals surface area (Å²) in [6.07, 6.45) is 3.11. The Hall–Kier alpha value is 0.0900. The Balaban J connectivity index is 2.89. The van der Waals surface area contributed by atoms with Gasteiger partial charge in [0.2, 0.25) is 0 Å². The highest BCUT2D eigenvalue weighted by Crippen LogP contribution is 2.34. The molecule has 0 amide bonds. The molecule has 0 spiro atoms. The number of hydrogen-bond acceptors (Lipinski definition) is 0. The van der Waals surface area contributed by atoms with Gasteiger partial charge < -0.3 is 0 Å². The Morgan fingerprint density at radius 1 is 1.06 bits per heavy atom. The molecule has 0 saturated carbocycles. The van der Waals surface area contributed by atoms with Crippen LogP contribution in [0.15, 0.2) is 18.2 Å². The second-order valence-electron chi connectivity index (χ2n) is 4.27. The van der Waals surface area contributed by atoms with Crippen LogP contribution in [0.3, 0.4) is 0 Å². The monoisotopic (exact) mass is 278 g/mol. The van der Waals surface area contributed by atoms with Gasteiger partial charge in [0.1, 0.15) is 0 Å². The fraction of sp³-hybridized carbons (Fsp3) is 0.538. The molecule has 0 fully saturated rings. The van der Waals surface area contributed by atoms with Crippen LogP contribution in [0.2, 0.25) is 10.0 Å². The Morgan fingerprint density at radius 2 is 1.69 bits per heavy atom. The first-order chi connectivity index (χ1) is 7.56. The van der Waals surface area contributed by atoms with Crippen LogP contribution >= 0.6 is 34.8 Å². The molecule has 1 aromatic rings. The van der Waals surface area contributed by atoms with Crippen LogP contribution in [-0.4, -0.2) is 5.88 Å². The van der Waals surface area contributed by atoms with E-state index in [0.29, 0.717) is 15.9 Å². The zero-order valence-electron chi connectivity index (χ0n) is 9.69. The maximum Gasteiger partial charge on any atom is 0.0595 e. The molecular weight excluding hydrogens is 263 g/mol. The van der Waals surface area contributed by atoms with Gasteiger partial charge in [-0.2, -0.15) is 0 Å². The second-order valence-corrected chi connectivity index (χ2v) is 5.35. The van der Waals surface area contributed by atoms with Crippen LogP contribution in [0, 0.1) is 5.41 Å². The van der Waals surface area contributed by atoms with E-state index in [9.17, 15) is 0 Å². The highest BCUT2D eigenvalue weighted by molar-refractivity contribution is 6.42. The summed E-state index contributed by atoms with van der Waals surface area (Å²) in [6, 6.07) is 5.82. The van der Waals surface area contributed by atoms with E-state index in [2.05, 4.69) is 13.8 Å². The van der Waals surface area contributed by atoms with Crippen LogP contribution in [0.25, 0.3) is 0 Å². The minimum Gasteiger partial charge on any atom is -0.126 e. The summed E-state index contributed by atoms with van der Waals surface area (Å²) in [6.45, 7) is 4.37. The van der Waals surface area contributed by atoms with E-state index in [4.69, 9.17) is 34.8 Å². The summed E-state index contributed by atoms with van der Waals surface area (Å²) in [5.41, 5.74) is 1.39. The predicted octanol–water partition coefficient (Wildman–Crippen LogP) is 5.58. The van der Waals surface area contributed by atoms with Crippen LogP contribution in [0.5, 0.6) is 0 Å². The summed E-state index contributed by atoms with van der Waals surface area (Å²) in [5.74, 6) is 0.681. The first-order valence-electron chi connectivity index (χ1n) is 5.57. The third-order valence-corrected chi connectivity index (χ3v) is 4.65. The van der Waals surface area contributed by atoms with Gasteiger partial charge >= 0.3 is 0 Å². The van der Waals surface area contributed by atoms with Gasteiger partial charge in [-0.3, -0.25) is 0 Å². The first-order valence-corrected chi connectivity index (χ1v) is 6.86. The van der Waals surface area contributed by atoms with E-state index in [1.54, 1.807) is 0 Å². The molecule has 90 valence electrons. The van der Waals surface area contributed by atoms with E-state index in [0.717, 1.165) is 19.3 Å². The zero-order valence-corrected chi connectivity index (χ0v) is 12.0. The highest BCUT2D eigenvalue weighted by atomic mass is 35.5. The predicted molar refractivity (Wildman–Crippen MR) is 73.9 cm³/mol. The summed E-state index contributed by atoms with van der Waals surface area (Å²) in [4.78, 5) is 0. The Kier molecular flexibility index (Phi) is 5.43. The lowest BCUT2D eigenvalue weighted by atomic mass is 9.79. The normalized spacial score (nSPS) is 11.8. The fourth-order valence-electron chi connectivity index (χ4n) is 1.82. The summed E-state index contributed by atoms with van der Waals surface area (Å²) in [7, 11) is 0. The average Bonchev–Trinajstić information content (AvgIpc) is 2.31. The second kappa shape index (κ2) is 6.14. The lowest BCUT2D eigenvalue weighted by molar-refractivity contribution is 0.302. The molecule has 0 aliphatic carbocycles. The Bertz CT molecular complexity index is 335. The smallest absolute Gasteiger partial charge is 0.0595 e. The molecule has 0 atom stereocenters. The SMILES string of the molecule is CCC(CC)(CCl)Cc1ccc(Cl)c(Cl)c1. The molecule has 16 heavy (non-hydrogen) atoms. The molecule has 0 N–H and O–H groups in total. The minimum absolute atomic E-state index is 0.179. The molecule has 1 rings (SSSR count). The van der Waals surface area contributed by atoms with Crippen molar-refractivity contribution in [2.45, 2.75) is 33.1 Å². The van der Waals surface area contributed by atoms with Gasteiger partial charge in [0, 0.05) is 5.88 Å². The molecule has 0 radical (unpaired) electrons. The summed E-state index contributed by atoms with van der Waals surface area (Å²) >= 11 is 18.0. The lowest BCUT2D eigenvalue weighted by Gasteiger charge is -2.29. The molecule has 0 nitrogen and oxygen atoms in total. The summed E-state index contributed by atoms with van der Waals surface area (Å²) in [5, 5.41) is 1.23. The summed E-state index contributed by atoms with van der Waals surface area (Å²) < 4.78 is 0. The molecule has 0 aliphatic rings. The van der Waals surface area contributed by atoms with Crippen molar-refractivity contribution in [3.8, 4) is 0 Å². The van der Waals surface area contributed by atoms with Crippen molar-refractivity contribution in [1.82, 2.24) is 0 Å². The largest absolute Gasteiger partial charge is 0.126 e. The van der Waals surface area contributed by atoms with E-state index in [1.165, 1.54) is 5.56 Å². The quantitative estimate of drug-likeness (QED) is 0.617. The van der Waals surface area contributed by atoms with Gasteiger partial charge in [-0.05, 0) is 42.4 Å². The van der Waals surface area contributed by atoms with E-state index in [-0.39, 0.29) is 5.41 Å². The highest BCUT2D eigenvalue weighted by Gasteiger charge is 2.25. The van der Waals surface area contributed by atoms with Gasteiger partial charge in [0.15, 0.2) is 0 Å². The third kappa shape index (κ3) is 3.29. The van der Waals surface area contributed by atoms with Gasteiger partial charge in [0.05, 0.1) is 10.0 Å². The van der Waals surface area contributed by atoms with Crippen molar-refractivity contribution in [2.24, 2.45) is 5.41 Å². The molecule has 1 aromatic carbocycles. The van der Waals surface area contributed by atoms with Crippen LogP contribution in [0.4, 0.5) is 0 Å². The van der Waals surface area contributed by atoms with Gasteiger partial charge in [0.25, 0.3) is 0 Å². The maximum absolute atomic E-state index is 6.09. The fourth-order valence-corrected chi connectivity index (χ4v) is 2.61. The number of rotatable bonds is 5. The maximum atomic E-state index is 6.09. The number of halogens is 3. The Morgan fingerprint density at radius 3 is 2.12 bits per heavy atom. The van der Waals surface area contributed by atoms with Gasteiger partial charge in [-0.1, -0.05) is 43.1 Å². The van der Waals surface area contributed by atoms with Crippen molar-refractivity contribution in [3.05, 3.63) is 33.8 Å². The molecule has 0 aliphatic heterocycles. The molecule has 0 aromatic heterocycles. The number of benzene rings is 1. The van der Waals surface area contributed by atoms with E-state index < -0.39 is 0 Å². The topological polar surface area (TPSA) is 0 Å². The molecular formula is C13H17Cl3. The van der Waals surface area contributed by atoms with Crippen LogP contribution in [0.1, 0.15) is 32.3 Å². The average molecular weight is 280 g/mol. The van der Waals surface area contributed by atoms with Crippen LogP contribution < -0.4 is 0 Å². The molecule has 0 unspecified atom stereocenters. The molecule has 0 heterocycles. The van der Waals surface area contributed by atoms with Gasteiger partial charge in [-0.15, -0.1) is 11.6 Å². The van der Waals surface area contributed by atoms with Crippen molar-refractivity contribution < 1.29 is 0 Å². The van der Waals surface area contributed by atoms with E-state index >= 15 is 0 Å². The number of alkyl halides is 1. The molecule has 0 saturated heterocycles. The zero-order chi connectivity index (χ0) is 12.2. The molecule has 3 heteroatoms. The van der Waals surface area contributed by atoms with E-state index in [1.807, 2.05) is 18.2 Å². The van der Waals surface area contributed by atoms with Crippen molar-refractivity contribution in [2.75, 3.05) is 5.88 Å². The van der Waals surface area contributed by atoms with Crippen LogP contribution in [-0.2, 0) is 6.42 Å². The first kappa shape index (κ1) is 14.2. The van der Waals surface area contributed by atoms with Crippen molar-refractivity contribution in [3.63, 3.8) is 0 Å². The van der Waals surface area contributed by atoms with Crippen molar-refractivity contribution >= 4 is 34.8 Å². The number of hydrogen-bond donors (Lipinski definition) is 0. The van der Waals surface area contributed by atoms with Crippen molar-refractivity contribution in [1.29, 1.82) is 0 Å². The minimum atomic E-state index is 0.179. The molecule has 0 bridgehead atoms. The Labute approximate surface area is 113 Å². The third-order valence-electron chi connectivity index (χ3n) is 3.35. The standard InChI is InChI=1S/C13H17Cl3/c1-3-13(4-2,9-14)8-10-5-6-11(15)12(16)7-10/h5-7H,3-4,8-9H2,1-2H3.